The van der Waals surface area contributed by atoms with Gasteiger partial charge in [0.2, 0.25) is 5.91 Å². The van der Waals surface area contributed by atoms with Gasteiger partial charge in [0.15, 0.2) is 0 Å². The van der Waals surface area contributed by atoms with Crippen molar-refractivity contribution >= 4 is 5.91 Å². The largest absolute Gasteiger partial charge is 0.384 e. The standard InChI is InChI=1S/C15H28N2O2/c1-3-15(5-4-6-15)13(18)17-11-14(12-19-2)7-9-16-10-8-14/h16H,3-12H2,1-2H3,(H,17,18). The van der Waals surface area contributed by atoms with E-state index < -0.39 is 0 Å². The van der Waals surface area contributed by atoms with Crippen LogP contribution in [0.4, 0.5) is 0 Å². The van der Waals surface area contributed by atoms with E-state index in [-0.39, 0.29) is 16.7 Å². The molecular weight excluding hydrogens is 240 g/mol. The summed E-state index contributed by atoms with van der Waals surface area (Å²) in [5, 5.41) is 6.61. The third kappa shape index (κ3) is 3.11. The van der Waals surface area contributed by atoms with E-state index in [0.29, 0.717) is 0 Å². The van der Waals surface area contributed by atoms with Crippen molar-refractivity contribution in [3.63, 3.8) is 0 Å². The van der Waals surface area contributed by atoms with Crippen LogP contribution in [0.3, 0.4) is 0 Å². The second-order valence-corrected chi connectivity index (χ2v) is 6.35. The molecule has 0 spiro atoms. The molecule has 4 nitrogen and oxygen atoms in total. The van der Waals surface area contributed by atoms with Crippen LogP contribution in [0.25, 0.3) is 0 Å². The smallest absolute Gasteiger partial charge is 0.226 e. The molecule has 1 saturated heterocycles. The molecule has 1 amide bonds. The van der Waals surface area contributed by atoms with E-state index in [0.717, 1.165) is 58.3 Å². The number of ether oxygens (including phenoxy) is 1. The van der Waals surface area contributed by atoms with Gasteiger partial charge in [-0.15, -0.1) is 0 Å². The van der Waals surface area contributed by atoms with Crippen molar-refractivity contribution in [3.05, 3.63) is 0 Å². The fraction of sp³-hybridized carbons (Fsp3) is 0.933. The zero-order valence-corrected chi connectivity index (χ0v) is 12.4. The van der Waals surface area contributed by atoms with Gasteiger partial charge in [-0.2, -0.15) is 0 Å². The lowest BCUT2D eigenvalue weighted by atomic mass is 9.66. The number of nitrogens with one attached hydrogen (secondary N) is 2. The van der Waals surface area contributed by atoms with E-state index in [2.05, 4.69) is 17.6 Å². The molecule has 1 aliphatic heterocycles. The Morgan fingerprint density at radius 1 is 1.26 bits per heavy atom. The first-order valence-corrected chi connectivity index (χ1v) is 7.64. The lowest BCUT2D eigenvalue weighted by Crippen LogP contribution is -2.51. The molecule has 2 N–H and O–H groups in total. The maximum absolute atomic E-state index is 12.4. The Labute approximate surface area is 116 Å². The highest BCUT2D eigenvalue weighted by Crippen LogP contribution is 2.44. The molecule has 0 bridgehead atoms. The summed E-state index contributed by atoms with van der Waals surface area (Å²) in [7, 11) is 1.76. The minimum absolute atomic E-state index is 0.0544. The molecule has 1 saturated carbocycles. The van der Waals surface area contributed by atoms with E-state index in [4.69, 9.17) is 4.74 Å². The Balaban J connectivity index is 1.89. The van der Waals surface area contributed by atoms with Gasteiger partial charge in [-0.05, 0) is 45.2 Å². The monoisotopic (exact) mass is 268 g/mol. The summed E-state index contributed by atoms with van der Waals surface area (Å²) in [6, 6.07) is 0. The molecule has 0 aromatic carbocycles. The van der Waals surface area contributed by atoms with Gasteiger partial charge in [0.25, 0.3) is 0 Å². The maximum atomic E-state index is 12.4. The highest BCUT2D eigenvalue weighted by molar-refractivity contribution is 5.83. The van der Waals surface area contributed by atoms with Gasteiger partial charge in [0.05, 0.1) is 6.61 Å². The van der Waals surface area contributed by atoms with Crippen molar-refractivity contribution in [3.8, 4) is 0 Å². The first-order chi connectivity index (χ1) is 9.16. The van der Waals surface area contributed by atoms with Crippen molar-refractivity contribution in [1.82, 2.24) is 10.6 Å². The van der Waals surface area contributed by atoms with Crippen LogP contribution in [-0.2, 0) is 9.53 Å². The summed E-state index contributed by atoms with van der Waals surface area (Å²) in [6.07, 6.45) is 6.47. The summed E-state index contributed by atoms with van der Waals surface area (Å²) < 4.78 is 5.39. The quantitative estimate of drug-likeness (QED) is 0.771. The van der Waals surface area contributed by atoms with Crippen LogP contribution in [0.5, 0.6) is 0 Å². The Bertz CT molecular complexity index is 296. The molecule has 2 rings (SSSR count). The van der Waals surface area contributed by atoms with Gasteiger partial charge in [-0.1, -0.05) is 13.3 Å². The number of carbonyl (C=O) groups is 1. The highest BCUT2D eigenvalue weighted by atomic mass is 16.5. The van der Waals surface area contributed by atoms with Gasteiger partial charge < -0.3 is 15.4 Å². The summed E-state index contributed by atoms with van der Waals surface area (Å²) in [6.45, 7) is 5.70. The van der Waals surface area contributed by atoms with Gasteiger partial charge in [0, 0.05) is 24.5 Å². The predicted molar refractivity (Wildman–Crippen MR) is 76.0 cm³/mol. The van der Waals surface area contributed by atoms with Crippen molar-refractivity contribution in [2.75, 3.05) is 33.4 Å². The molecule has 0 unspecified atom stereocenters. The number of piperidine rings is 1. The van der Waals surface area contributed by atoms with E-state index in [1.807, 2.05) is 0 Å². The van der Waals surface area contributed by atoms with Crippen LogP contribution < -0.4 is 10.6 Å². The Morgan fingerprint density at radius 2 is 1.95 bits per heavy atom. The minimum atomic E-state index is -0.0544. The molecule has 2 aliphatic rings. The van der Waals surface area contributed by atoms with Gasteiger partial charge in [-0.3, -0.25) is 4.79 Å². The third-order valence-electron chi connectivity index (χ3n) is 5.21. The molecule has 0 atom stereocenters. The lowest BCUT2D eigenvalue weighted by Gasteiger charge is -2.42. The molecule has 1 heterocycles. The predicted octanol–water partition coefficient (Wildman–Crippen LogP) is 1.70. The molecule has 19 heavy (non-hydrogen) atoms. The second kappa shape index (κ2) is 6.23. The van der Waals surface area contributed by atoms with Gasteiger partial charge >= 0.3 is 0 Å². The van der Waals surface area contributed by atoms with E-state index >= 15 is 0 Å². The molecule has 0 aromatic rings. The van der Waals surface area contributed by atoms with Crippen molar-refractivity contribution in [2.24, 2.45) is 10.8 Å². The second-order valence-electron chi connectivity index (χ2n) is 6.35. The van der Waals surface area contributed by atoms with Crippen LogP contribution in [0, 0.1) is 10.8 Å². The lowest BCUT2D eigenvalue weighted by molar-refractivity contribution is -0.137. The van der Waals surface area contributed by atoms with Crippen molar-refractivity contribution in [2.45, 2.75) is 45.4 Å². The topological polar surface area (TPSA) is 50.4 Å². The number of amides is 1. The highest BCUT2D eigenvalue weighted by Gasteiger charge is 2.43. The first-order valence-electron chi connectivity index (χ1n) is 7.64. The van der Waals surface area contributed by atoms with Gasteiger partial charge in [0.1, 0.15) is 0 Å². The van der Waals surface area contributed by atoms with E-state index in [1.54, 1.807) is 7.11 Å². The normalized spacial score (nSPS) is 24.5. The maximum Gasteiger partial charge on any atom is 0.226 e. The SMILES string of the molecule is CCC1(C(=O)NCC2(COC)CCNCC2)CCC1. The summed E-state index contributed by atoms with van der Waals surface area (Å²) in [5.74, 6) is 0.273. The van der Waals surface area contributed by atoms with E-state index in [1.165, 1.54) is 6.42 Å². The van der Waals surface area contributed by atoms with E-state index in [9.17, 15) is 4.79 Å². The number of carbonyl (C=O) groups excluding carboxylic acids is 1. The third-order valence-corrected chi connectivity index (χ3v) is 5.21. The number of rotatable bonds is 6. The number of hydrogen-bond acceptors (Lipinski definition) is 3. The Kier molecular flexibility index (Phi) is 4.85. The molecule has 1 aliphatic carbocycles. The first kappa shape index (κ1) is 14.8. The molecule has 0 radical (unpaired) electrons. The molecule has 4 heteroatoms. The number of methoxy groups -OCH3 is 1. The Morgan fingerprint density at radius 3 is 2.42 bits per heavy atom. The summed E-state index contributed by atoms with van der Waals surface area (Å²) >= 11 is 0. The fourth-order valence-electron chi connectivity index (χ4n) is 3.44. The minimum Gasteiger partial charge on any atom is -0.384 e. The van der Waals surface area contributed by atoms with Crippen molar-refractivity contribution < 1.29 is 9.53 Å². The molecular formula is C15H28N2O2. The van der Waals surface area contributed by atoms with Crippen LogP contribution in [0.15, 0.2) is 0 Å². The zero-order chi connectivity index (χ0) is 13.8. The van der Waals surface area contributed by atoms with Crippen LogP contribution in [-0.4, -0.2) is 39.3 Å². The molecule has 0 aromatic heterocycles. The average molecular weight is 268 g/mol. The van der Waals surface area contributed by atoms with Crippen LogP contribution in [0.1, 0.15) is 45.4 Å². The van der Waals surface area contributed by atoms with Gasteiger partial charge in [-0.25, -0.2) is 0 Å². The Hall–Kier alpha value is -0.610. The summed E-state index contributed by atoms with van der Waals surface area (Å²) in [4.78, 5) is 12.4. The molecule has 110 valence electrons. The zero-order valence-electron chi connectivity index (χ0n) is 12.4. The summed E-state index contributed by atoms with van der Waals surface area (Å²) in [5.41, 5.74) is 0.0789. The van der Waals surface area contributed by atoms with Crippen LogP contribution >= 0.6 is 0 Å². The van der Waals surface area contributed by atoms with Crippen molar-refractivity contribution in [1.29, 1.82) is 0 Å². The fourth-order valence-corrected chi connectivity index (χ4v) is 3.44. The average Bonchev–Trinajstić information content (AvgIpc) is 2.37. The molecule has 2 fully saturated rings. The number of hydrogen-bond donors (Lipinski definition) is 2. The van der Waals surface area contributed by atoms with Crippen LogP contribution in [0.2, 0.25) is 0 Å².